The first-order chi connectivity index (χ1) is 9.09. The fourth-order valence-corrected chi connectivity index (χ4v) is 2.04. The molecule has 1 heterocycles. The van der Waals surface area contributed by atoms with Gasteiger partial charge in [0.05, 0.1) is 28.1 Å². The van der Waals surface area contributed by atoms with Crippen molar-refractivity contribution >= 4 is 51.0 Å². The van der Waals surface area contributed by atoms with Crippen molar-refractivity contribution in [2.45, 2.75) is 0 Å². The highest BCUT2D eigenvalue weighted by Crippen LogP contribution is 2.22. The van der Waals surface area contributed by atoms with Gasteiger partial charge in [-0.1, -0.05) is 29.3 Å². The molecule has 8 heteroatoms. The van der Waals surface area contributed by atoms with E-state index in [1.54, 1.807) is 18.2 Å². The van der Waals surface area contributed by atoms with E-state index < -0.39 is 0 Å². The first-order valence-electron chi connectivity index (χ1n) is 5.06. The lowest BCUT2D eigenvalue weighted by molar-refractivity contribution is 0.977. The molecule has 0 fully saturated rings. The van der Waals surface area contributed by atoms with Gasteiger partial charge in [0, 0.05) is 5.56 Å². The number of H-pyrrole nitrogens is 1. The van der Waals surface area contributed by atoms with E-state index in [2.05, 4.69) is 36.7 Å². The Morgan fingerprint density at radius 1 is 1.37 bits per heavy atom. The zero-order chi connectivity index (χ0) is 13.8. The lowest BCUT2D eigenvalue weighted by Gasteiger charge is -2.02. The second-order valence-corrected chi connectivity index (χ2v) is 5.04. The lowest BCUT2D eigenvalue weighted by Crippen LogP contribution is -2.10. The van der Waals surface area contributed by atoms with E-state index in [0.717, 1.165) is 0 Å². The molecule has 0 spiro atoms. The molecule has 98 valence electrons. The van der Waals surface area contributed by atoms with Gasteiger partial charge in [-0.25, -0.2) is 5.10 Å². The number of aromatic nitrogens is 2. The Kier molecular flexibility index (Phi) is 4.57. The Hall–Kier alpha value is -1.37. The fourth-order valence-electron chi connectivity index (χ4n) is 1.26. The molecule has 1 aromatic heterocycles. The summed E-state index contributed by atoms with van der Waals surface area (Å²) in [6.45, 7) is 0. The molecule has 0 bridgehead atoms. The number of nitrogens with zero attached hydrogens (tertiary/aromatic N) is 2. The quantitative estimate of drug-likeness (QED) is 0.651. The van der Waals surface area contributed by atoms with Gasteiger partial charge in [0.2, 0.25) is 0 Å². The van der Waals surface area contributed by atoms with Crippen molar-refractivity contribution in [3.05, 3.63) is 54.8 Å². The molecule has 5 nitrogen and oxygen atoms in total. The highest BCUT2D eigenvalue weighted by molar-refractivity contribution is 9.10. The molecule has 2 rings (SSSR count). The average Bonchev–Trinajstić information content (AvgIpc) is 2.38. The van der Waals surface area contributed by atoms with E-state index in [1.165, 1.54) is 12.4 Å². The van der Waals surface area contributed by atoms with Gasteiger partial charge in [-0.05, 0) is 28.1 Å². The minimum absolute atomic E-state index is 0.310. The maximum Gasteiger partial charge on any atom is 0.280 e. The minimum atomic E-state index is -0.351. The Labute approximate surface area is 126 Å². The van der Waals surface area contributed by atoms with Gasteiger partial charge >= 0.3 is 0 Å². The molecule has 19 heavy (non-hydrogen) atoms. The van der Waals surface area contributed by atoms with Gasteiger partial charge in [-0.3, -0.25) is 10.2 Å². The molecule has 0 saturated carbocycles. The largest absolute Gasteiger partial charge is 0.280 e. The molecule has 0 radical (unpaired) electrons. The summed E-state index contributed by atoms with van der Waals surface area (Å²) in [6.07, 6.45) is 2.90. The van der Waals surface area contributed by atoms with Crippen molar-refractivity contribution in [1.29, 1.82) is 0 Å². The third-order valence-electron chi connectivity index (χ3n) is 2.17. The number of aromatic amines is 1. The van der Waals surface area contributed by atoms with Gasteiger partial charge in [-0.2, -0.15) is 10.2 Å². The van der Waals surface area contributed by atoms with Crippen LogP contribution in [0.4, 0.5) is 5.69 Å². The van der Waals surface area contributed by atoms with Crippen molar-refractivity contribution in [3.63, 3.8) is 0 Å². The second-order valence-electron chi connectivity index (χ2n) is 3.43. The molecule has 0 unspecified atom stereocenters. The summed E-state index contributed by atoms with van der Waals surface area (Å²) in [4.78, 5) is 11.3. The highest BCUT2D eigenvalue weighted by Gasteiger charge is 2.04. The maximum absolute atomic E-state index is 11.3. The predicted molar refractivity (Wildman–Crippen MR) is 80.2 cm³/mol. The molecule has 0 aliphatic rings. The Morgan fingerprint density at radius 2 is 2.05 bits per heavy atom. The first kappa shape index (κ1) is 14.0. The van der Waals surface area contributed by atoms with E-state index in [4.69, 9.17) is 23.2 Å². The number of halogens is 3. The van der Waals surface area contributed by atoms with Crippen LogP contribution in [0.25, 0.3) is 0 Å². The third kappa shape index (κ3) is 3.34. The number of hydrogen-bond donors (Lipinski definition) is 2. The molecular formula is C11H7BrCl2N4O. The molecular weight excluding hydrogens is 355 g/mol. The fraction of sp³-hybridized carbons (Fsp3) is 0. The molecule has 0 saturated heterocycles. The van der Waals surface area contributed by atoms with E-state index in [-0.39, 0.29) is 5.56 Å². The van der Waals surface area contributed by atoms with Crippen LogP contribution in [0.2, 0.25) is 10.0 Å². The lowest BCUT2D eigenvalue weighted by atomic mass is 10.2. The summed E-state index contributed by atoms with van der Waals surface area (Å²) in [5.41, 5.74) is 3.35. The minimum Gasteiger partial charge on any atom is -0.275 e. The molecule has 0 aliphatic carbocycles. The van der Waals surface area contributed by atoms with Gasteiger partial charge in [0.1, 0.15) is 4.47 Å². The predicted octanol–water partition coefficient (Wildman–Crippen LogP) is 3.29. The van der Waals surface area contributed by atoms with E-state index >= 15 is 0 Å². The number of anilines is 1. The summed E-state index contributed by atoms with van der Waals surface area (Å²) in [5, 5.41) is 10.9. The number of rotatable bonds is 3. The van der Waals surface area contributed by atoms with Crippen LogP contribution in [-0.4, -0.2) is 16.4 Å². The number of hydrazone groups is 1. The van der Waals surface area contributed by atoms with Crippen LogP contribution in [0, 0.1) is 0 Å². The highest BCUT2D eigenvalue weighted by atomic mass is 79.9. The average molecular weight is 362 g/mol. The number of benzene rings is 1. The Morgan fingerprint density at radius 3 is 2.74 bits per heavy atom. The van der Waals surface area contributed by atoms with E-state index in [9.17, 15) is 4.79 Å². The molecule has 0 amide bonds. The first-order valence-corrected chi connectivity index (χ1v) is 6.60. The van der Waals surface area contributed by atoms with Gasteiger partial charge in [0.25, 0.3) is 5.56 Å². The third-order valence-corrected chi connectivity index (χ3v) is 3.62. The molecule has 2 N–H and O–H groups in total. The summed E-state index contributed by atoms with van der Waals surface area (Å²) >= 11 is 15.1. The SMILES string of the molecule is O=c1[nH]ncc(N/N=C/c2c(Cl)cccc2Cl)c1Br. The Balaban J connectivity index is 2.21. The number of hydrogen-bond acceptors (Lipinski definition) is 4. The van der Waals surface area contributed by atoms with Crippen molar-refractivity contribution in [1.82, 2.24) is 10.2 Å². The topological polar surface area (TPSA) is 70.1 Å². The Bertz CT molecular complexity index is 666. The van der Waals surface area contributed by atoms with E-state index in [1.807, 2.05) is 0 Å². The summed E-state index contributed by atoms with van der Waals surface area (Å²) in [7, 11) is 0. The van der Waals surface area contributed by atoms with Gasteiger partial charge in [-0.15, -0.1) is 0 Å². The van der Waals surface area contributed by atoms with Crippen LogP contribution in [0.3, 0.4) is 0 Å². The standard InChI is InChI=1S/C11H7BrCl2N4O/c12-10-9(5-16-18-11(10)19)17-15-4-6-7(13)2-1-3-8(6)14/h1-5H,(H2,17,18,19)/b15-4+. The monoisotopic (exact) mass is 360 g/mol. The van der Waals surface area contributed by atoms with E-state index in [0.29, 0.717) is 25.8 Å². The number of nitrogens with one attached hydrogen (secondary N) is 2. The summed E-state index contributed by atoms with van der Waals surface area (Å²) in [5.74, 6) is 0. The molecule has 1 aromatic carbocycles. The van der Waals surface area contributed by atoms with Crippen LogP contribution >= 0.6 is 39.1 Å². The van der Waals surface area contributed by atoms with Crippen LogP contribution in [0.5, 0.6) is 0 Å². The zero-order valence-electron chi connectivity index (χ0n) is 9.32. The zero-order valence-corrected chi connectivity index (χ0v) is 12.4. The van der Waals surface area contributed by atoms with Crippen LogP contribution in [0.1, 0.15) is 5.56 Å². The van der Waals surface area contributed by atoms with Gasteiger partial charge in [0.15, 0.2) is 0 Å². The van der Waals surface area contributed by atoms with Crippen molar-refractivity contribution < 1.29 is 0 Å². The molecule has 0 aliphatic heterocycles. The maximum atomic E-state index is 11.3. The smallest absolute Gasteiger partial charge is 0.275 e. The molecule has 2 aromatic rings. The van der Waals surface area contributed by atoms with Crippen LogP contribution in [0.15, 0.2) is 38.8 Å². The second kappa shape index (κ2) is 6.18. The summed E-state index contributed by atoms with van der Waals surface area (Å²) in [6, 6.07) is 5.16. The van der Waals surface area contributed by atoms with Crippen LogP contribution < -0.4 is 11.0 Å². The van der Waals surface area contributed by atoms with Crippen molar-refractivity contribution in [2.75, 3.05) is 5.43 Å². The molecule has 0 atom stereocenters. The normalized spacial score (nSPS) is 10.9. The van der Waals surface area contributed by atoms with Crippen molar-refractivity contribution in [3.8, 4) is 0 Å². The van der Waals surface area contributed by atoms with Gasteiger partial charge < -0.3 is 0 Å². The summed E-state index contributed by atoms with van der Waals surface area (Å²) < 4.78 is 0.310. The van der Waals surface area contributed by atoms with Crippen LogP contribution in [-0.2, 0) is 0 Å². The van der Waals surface area contributed by atoms with Crippen molar-refractivity contribution in [2.24, 2.45) is 5.10 Å².